The van der Waals surface area contributed by atoms with Gasteiger partial charge in [-0.2, -0.15) is 0 Å². The zero-order valence-electron chi connectivity index (χ0n) is 13.8. The van der Waals surface area contributed by atoms with Gasteiger partial charge in [0.1, 0.15) is 0 Å². The van der Waals surface area contributed by atoms with Crippen molar-refractivity contribution in [2.45, 2.75) is 32.1 Å². The Balaban J connectivity index is 0.00000264. The largest absolute Gasteiger partial charge is 0.343 e. The zero-order chi connectivity index (χ0) is 15.8. The maximum atomic E-state index is 12.2. The number of nitrogens with one attached hydrogen (secondary N) is 1. The van der Waals surface area contributed by atoms with Crippen LogP contribution >= 0.6 is 12.4 Å². The number of halogens is 1. The van der Waals surface area contributed by atoms with Crippen LogP contribution in [0.4, 0.5) is 0 Å². The molecule has 1 aromatic rings. The van der Waals surface area contributed by atoms with Crippen LogP contribution in [0.5, 0.6) is 0 Å². The summed E-state index contributed by atoms with van der Waals surface area (Å²) >= 11 is 0. The lowest BCUT2D eigenvalue weighted by molar-refractivity contribution is -0.132. The van der Waals surface area contributed by atoms with E-state index in [-0.39, 0.29) is 24.1 Å². The van der Waals surface area contributed by atoms with Gasteiger partial charge in [0.2, 0.25) is 5.91 Å². The molecule has 1 aliphatic rings. The summed E-state index contributed by atoms with van der Waals surface area (Å²) in [5, 5.41) is 3.18. The maximum absolute atomic E-state index is 12.2. The van der Waals surface area contributed by atoms with Gasteiger partial charge >= 0.3 is 0 Å². The fraction of sp³-hybridized carbons (Fsp3) is 0.556. The number of amides is 1. The summed E-state index contributed by atoms with van der Waals surface area (Å²) < 4.78 is 0. The smallest absolute Gasteiger partial charge is 0.223 e. The molecule has 1 fully saturated rings. The first-order valence-electron chi connectivity index (χ1n) is 8.21. The topological polar surface area (TPSA) is 49.4 Å². The van der Waals surface area contributed by atoms with Gasteiger partial charge in [0.05, 0.1) is 0 Å². The predicted octanol–water partition coefficient (Wildman–Crippen LogP) is 2.92. The number of nitrogens with zero attached hydrogens (tertiary/aromatic N) is 1. The highest BCUT2D eigenvalue weighted by Gasteiger charge is 2.22. The lowest BCUT2D eigenvalue weighted by atomic mass is 9.93. The highest BCUT2D eigenvalue weighted by Crippen LogP contribution is 2.20. The molecule has 0 bridgehead atoms. The van der Waals surface area contributed by atoms with Crippen molar-refractivity contribution in [3.05, 3.63) is 35.9 Å². The van der Waals surface area contributed by atoms with Gasteiger partial charge < -0.3 is 10.2 Å². The molecule has 0 aliphatic carbocycles. The number of carbonyl (C=O) groups is 2. The minimum Gasteiger partial charge on any atom is -0.343 e. The minimum atomic E-state index is 0. The summed E-state index contributed by atoms with van der Waals surface area (Å²) in [6, 6.07) is 9.20. The molecule has 0 atom stereocenters. The summed E-state index contributed by atoms with van der Waals surface area (Å²) in [5.74, 6) is 0.900. The first-order valence-corrected chi connectivity index (χ1v) is 8.21. The van der Waals surface area contributed by atoms with Crippen LogP contribution in [0.3, 0.4) is 0 Å². The highest BCUT2D eigenvalue weighted by atomic mass is 35.5. The van der Waals surface area contributed by atoms with E-state index >= 15 is 0 Å². The second kappa shape index (κ2) is 10.4. The molecule has 0 unspecified atom stereocenters. The zero-order valence-corrected chi connectivity index (χ0v) is 14.6. The van der Waals surface area contributed by atoms with Gasteiger partial charge in [-0.25, -0.2) is 0 Å². The average Bonchev–Trinajstić information content (AvgIpc) is 2.58. The first kappa shape index (κ1) is 19.7. The van der Waals surface area contributed by atoms with Crippen molar-refractivity contribution in [2.75, 3.05) is 26.7 Å². The number of Topliss-reactive ketones (excluding diaryl/α,β-unsaturated/α-hetero) is 1. The van der Waals surface area contributed by atoms with E-state index in [0.29, 0.717) is 18.4 Å². The van der Waals surface area contributed by atoms with Crippen LogP contribution in [-0.2, 0) is 4.79 Å². The number of carbonyl (C=O) groups excluding carboxylic acids is 2. The Hall–Kier alpha value is -1.39. The first-order chi connectivity index (χ1) is 10.7. The molecule has 0 saturated carbocycles. The molecule has 1 saturated heterocycles. The van der Waals surface area contributed by atoms with E-state index in [2.05, 4.69) is 5.32 Å². The quantitative estimate of drug-likeness (QED) is 0.778. The third kappa shape index (κ3) is 6.32. The summed E-state index contributed by atoms with van der Waals surface area (Å²) in [6.45, 7) is 2.73. The van der Waals surface area contributed by atoms with Gasteiger partial charge in [-0.05, 0) is 38.8 Å². The number of rotatable bonds is 7. The normalized spacial score (nSPS) is 15.1. The predicted molar refractivity (Wildman–Crippen MR) is 95.1 cm³/mol. The van der Waals surface area contributed by atoms with Crippen molar-refractivity contribution in [3.8, 4) is 0 Å². The van der Waals surface area contributed by atoms with E-state index in [1.54, 1.807) is 12.1 Å². The highest BCUT2D eigenvalue weighted by molar-refractivity contribution is 5.97. The van der Waals surface area contributed by atoms with Crippen LogP contribution in [0.15, 0.2) is 30.3 Å². The molecule has 1 aliphatic heterocycles. The van der Waals surface area contributed by atoms with Gasteiger partial charge in [-0.15, -0.1) is 12.4 Å². The van der Waals surface area contributed by atoms with Crippen molar-refractivity contribution >= 4 is 24.1 Å². The van der Waals surface area contributed by atoms with Gasteiger partial charge in [-0.3, -0.25) is 9.59 Å². The molecule has 5 heteroatoms. The summed E-state index contributed by atoms with van der Waals surface area (Å²) in [7, 11) is 1.97. The third-order valence-electron chi connectivity index (χ3n) is 4.43. The number of ketones is 1. The molecule has 128 valence electrons. The number of hydrogen-bond donors (Lipinski definition) is 1. The van der Waals surface area contributed by atoms with E-state index in [9.17, 15) is 9.59 Å². The average molecular weight is 339 g/mol. The lowest BCUT2D eigenvalue weighted by Crippen LogP contribution is -2.39. The third-order valence-corrected chi connectivity index (χ3v) is 4.43. The summed E-state index contributed by atoms with van der Waals surface area (Å²) in [5.41, 5.74) is 0.695. The Morgan fingerprint density at radius 1 is 1.13 bits per heavy atom. The molecule has 0 spiro atoms. The van der Waals surface area contributed by atoms with E-state index in [4.69, 9.17) is 0 Å². The molecule has 2 rings (SSSR count). The fourth-order valence-corrected chi connectivity index (χ4v) is 2.97. The van der Waals surface area contributed by atoms with Crippen LogP contribution in [0.1, 0.15) is 42.5 Å². The Morgan fingerprint density at radius 2 is 1.78 bits per heavy atom. The summed E-state index contributed by atoms with van der Waals surface area (Å²) in [6.07, 6.45) is 3.99. The van der Waals surface area contributed by atoms with Crippen molar-refractivity contribution in [1.29, 1.82) is 0 Å². The molecule has 1 N–H and O–H groups in total. The second-order valence-electron chi connectivity index (χ2n) is 6.01. The van der Waals surface area contributed by atoms with Gasteiger partial charge in [-0.1, -0.05) is 30.3 Å². The molecule has 1 amide bonds. The number of piperidine rings is 1. The van der Waals surface area contributed by atoms with Crippen molar-refractivity contribution < 1.29 is 9.59 Å². The maximum Gasteiger partial charge on any atom is 0.223 e. The Labute approximate surface area is 145 Å². The molecule has 1 heterocycles. The van der Waals surface area contributed by atoms with Crippen molar-refractivity contribution in [3.63, 3.8) is 0 Å². The Kier molecular flexibility index (Phi) is 8.89. The van der Waals surface area contributed by atoms with Gasteiger partial charge in [0, 0.05) is 31.5 Å². The molecule has 0 aromatic heterocycles. The van der Waals surface area contributed by atoms with Crippen LogP contribution in [0.2, 0.25) is 0 Å². The summed E-state index contributed by atoms with van der Waals surface area (Å²) in [4.78, 5) is 26.2. The molecule has 0 radical (unpaired) electrons. The second-order valence-corrected chi connectivity index (χ2v) is 6.01. The molecular weight excluding hydrogens is 312 g/mol. The minimum absolute atomic E-state index is 0. The van der Waals surface area contributed by atoms with Crippen LogP contribution in [0.25, 0.3) is 0 Å². The van der Waals surface area contributed by atoms with E-state index in [1.807, 2.05) is 30.1 Å². The molecular formula is C18H27ClN2O2. The molecule has 23 heavy (non-hydrogen) atoms. The number of benzene rings is 1. The number of hydrogen-bond acceptors (Lipinski definition) is 3. The Morgan fingerprint density at radius 3 is 2.39 bits per heavy atom. The van der Waals surface area contributed by atoms with Crippen LogP contribution < -0.4 is 5.32 Å². The molecule has 4 nitrogen and oxygen atoms in total. The van der Waals surface area contributed by atoms with E-state index in [0.717, 1.165) is 38.4 Å². The van der Waals surface area contributed by atoms with Crippen LogP contribution in [0, 0.1) is 5.92 Å². The Bertz CT molecular complexity index is 485. The SMILES string of the molecule is CNCCC1CCN(C(=O)CCC(=O)c2ccccc2)CC1.Cl. The molecule has 1 aromatic carbocycles. The standard InChI is InChI=1S/C18H26N2O2.ClH/c1-19-12-9-15-10-13-20(14-11-15)18(22)8-7-17(21)16-5-3-2-4-6-16;/h2-6,15,19H,7-14H2,1H3;1H. The van der Waals surface area contributed by atoms with Gasteiger partial charge in [0.25, 0.3) is 0 Å². The van der Waals surface area contributed by atoms with Crippen molar-refractivity contribution in [1.82, 2.24) is 10.2 Å². The lowest BCUT2D eigenvalue weighted by Gasteiger charge is -2.32. The van der Waals surface area contributed by atoms with Gasteiger partial charge in [0.15, 0.2) is 5.78 Å². The van der Waals surface area contributed by atoms with Crippen molar-refractivity contribution in [2.24, 2.45) is 5.92 Å². The van der Waals surface area contributed by atoms with E-state index in [1.165, 1.54) is 6.42 Å². The van der Waals surface area contributed by atoms with Crippen LogP contribution in [-0.4, -0.2) is 43.3 Å². The monoisotopic (exact) mass is 338 g/mol. The fourth-order valence-electron chi connectivity index (χ4n) is 2.97. The van der Waals surface area contributed by atoms with E-state index < -0.39 is 0 Å². The number of likely N-dealkylation sites (tertiary alicyclic amines) is 1.